The van der Waals surface area contributed by atoms with E-state index in [1.54, 1.807) is 67.7 Å². The van der Waals surface area contributed by atoms with Gasteiger partial charge in [-0.15, -0.1) is 0 Å². The molecule has 3 aromatic carbocycles. The number of aliphatic imine (C=N–C) groups is 1. The van der Waals surface area contributed by atoms with Gasteiger partial charge in [-0.05, 0) is 42.3 Å². The van der Waals surface area contributed by atoms with E-state index < -0.39 is 23.9 Å². The summed E-state index contributed by atoms with van der Waals surface area (Å²) in [5.74, 6) is -0.925. The number of fused-ring (bicyclic) bond motifs is 1. The van der Waals surface area contributed by atoms with E-state index in [1.165, 1.54) is 11.0 Å². The van der Waals surface area contributed by atoms with Crippen LogP contribution in [0.15, 0.2) is 71.7 Å². The highest BCUT2D eigenvalue weighted by Gasteiger charge is 2.31. The van der Waals surface area contributed by atoms with Crippen LogP contribution in [0.1, 0.15) is 16.7 Å². The second-order valence-corrected chi connectivity index (χ2v) is 8.50. The number of para-hydroxylation sites is 1. The van der Waals surface area contributed by atoms with E-state index in [1.807, 2.05) is 0 Å². The molecule has 1 unspecified atom stereocenters. The Morgan fingerprint density at radius 3 is 2.50 bits per heavy atom. The van der Waals surface area contributed by atoms with Gasteiger partial charge in [-0.1, -0.05) is 59.6 Å². The second kappa shape index (κ2) is 10.2. The van der Waals surface area contributed by atoms with Crippen molar-refractivity contribution in [3.8, 4) is 0 Å². The smallest absolute Gasteiger partial charge is 0.316 e. The molecular formula is C25H21Cl2FN4O2. The summed E-state index contributed by atoms with van der Waals surface area (Å²) in [6.45, 7) is 0.272. The zero-order chi connectivity index (χ0) is 24.2. The fourth-order valence-corrected chi connectivity index (χ4v) is 4.20. The molecule has 0 spiro atoms. The number of halogens is 3. The first-order chi connectivity index (χ1) is 16.3. The number of carbonyl (C=O) groups excluding carboxylic acids is 2. The maximum Gasteiger partial charge on any atom is 0.316 e. The summed E-state index contributed by atoms with van der Waals surface area (Å²) in [7, 11) is 1.59. The number of amides is 3. The minimum Gasteiger partial charge on any atom is -0.338 e. The van der Waals surface area contributed by atoms with E-state index in [0.29, 0.717) is 27.7 Å². The molecule has 0 bridgehead atoms. The predicted octanol–water partition coefficient (Wildman–Crippen LogP) is 4.81. The predicted molar refractivity (Wildman–Crippen MR) is 132 cm³/mol. The van der Waals surface area contributed by atoms with E-state index in [2.05, 4.69) is 15.6 Å². The van der Waals surface area contributed by atoms with Crippen LogP contribution in [0.3, 0.4) is 0 Å². The number of carbonyl (C=O) groups is 2. The monoisotopic (exact) mass is 498 g/mol. The molecule has 0 aliphatic carbocycles. The van der Waals surface area contributed by atoms with Crippen molar-refractivity contribution in [3.63, 3.8) is 0 Å². The average Bonchev–Trinajstić information content (AvgIpc) is 2.92. The molecule has 1 aliphatic heterocycles. The fraction of sp³-hybridized carbons (Fsp3) is 0.160. The minimum absolute atomic E-state index is 0.239. The number of hydrogen-bond acceptors (Lipinski definition) is 3. The van der Waals surface area contributed by atoms with Crippen LogP contribution in [0.2, 0.25) is 10.0 Å². The molecule has 0 saturated heterocycles. The van der Waals surface area contributed by atoms with E-state index in [9.17, 15) is 14.0 Å². The molecule has 6 nitrogen and oxygen atoms in total. The van der Waals surface area contributed by atoms with Crippen LogP contribution in [0.5, 0.6) is 0 Å². The first-order valence-corrected chi connectivity index (χ1v) is 11.3. The minimum atomic E-state index is -1.24. The number of hydrogen-bond donors (Lipinski definition) is 2. The third-order valence-corrected chi connectivity index (χ3v) is 6.02. The van der Waals surface area contributed by atoms with E-state index >= 15 is 0 Å². The molecule has 174 valence electrons. The Balaban J connectivity index is 1.56. The lowest BCUT2D eigenvalue weighted by Gasteiger charge is -2.21. The van der Waals surface area contributed by atoms with E-state index in [0.717, 1.165) is 5.56 Å². The molecule has 34 heavy (non-hydrogen) atoms. The van der Waals surface area contributed by atoms with Gasteiger partial charge in [0.25, 0.3) is 5.91 Å². The molecule has 2 N–H and O–H groups in total. The van der Waals surface area contributed by atoms with Gasteiger partial charge in [-0.3, -0.25) is 4.79 Å². The molecule has 0 radical (unpaired) electrons. The summed E-state index contributed by atoms with van der Waals surface area (Å²) in [4.78, 5) is 31.6. The maximum atomic E-state index is 14.7. The van der Waals surface area contributed by atoms with Crippen LogP contribution in [0.25, 0.3) is 0 Å². The van der Waals surface area contributed by atoms with Gasteiger partial charge < -0.3 is 15.5 Å². The zero-order valence-corrected chi connectivity index (χ0v) is 19.7. The Bertz CT molecular complexity index is 1280. The van der Waals surface area contributed by atoms with Gasteiger partial charge >= 0.3 is 6.03 Å². The van der Waals surface area contributed by atoms with Gasteiger partial charge in [0.1, 0.15) is 5.82 Å². The Morgan fingerprint density at radius 2 is 1.76 bits per heavy atom. The van der Waals surface area contributed by atoms with Crippen molar-refractivity contribution < 1.29 is 14.0 Å². The largest absolute Gasteiger partial charge is 0.338 e. The van der Waals surface area contributed by atoms with Crippen molar-refractivity contribution in [2.24, 2.45) is 4.99 Å². The number of likely N-dealkylation sites (N-methyl/N-ethyl adjacent to an activating group) is 1. The number of rotatable bonds is 5. The molecular weight excluding hydrogens is 478 g/mol. The van der Waals surface area contributed by atoms with Crippen molar-refractivity contribution >= 4 is 46.5 Å². The summed E-state index contributed by atoms with van der Waals surface area (Å²) in [5, 5.41) is 6.34. The highest BCUT2D eigenvalue weighted by Crippen LogP contribution is 2.28. The molecule has 4 rings (SSSR count). The van der Waals surface area contributed by atoms with Crippen LogP contribution >= 0.6 is 23.2 Å². The molecule has 1 aliphatic rings. The maximum absolute atomic E-state index is 14.7. The molecule has 0 fully saturated rings. The topological polar surface area (TPSA) is 73.8 Å². The molecule has 9 heteroatoms. The Morgan fingerprint density at radius 1 is 1.06 bits per heavy atom. The second-order valence-electron chi connectivity index (χ2n) is 7.66. The third-order valence-electron chi connectivity index (χ3n) is 5.44. The van der Waals surface area contributed by atoms with Gasteiger partial charge in [-0.25, -0.2) is 14.2 Å². The lowest BCUT2D eigenvalue weighted by Crippen LogP contribution is -2.49. The number of nitrogens with one attached hydrogen (secondary N) is 2. The van der Waals surface area contributed by atoms with Crippen LogP contribution in [0.4, 0.5) is 14.9 Å². The molecule has 0 aromatic heterocycles. The average molecular weight is 499 g/mol. The van der Waals surface area contributed by atoms with Crippen LogP contribution in [0, 0.1) is 5.82 Å². The van der Waals surface area contributed by atoms with Crippen LogP contribution in [-0.4, -0.2) is 37.4 Å². The number of urea groups is 1. The Kier molecular flexibility index (Phi) is 7.14. The Labute approximate surface area is 206 Å². The number of anilines is 1. The van der Waals surface area contributed by atoms with Gasteiger partial charge in [0.2, 0.25) is 6.17 Å². The van der Waals surface area contributed by atoms with Gasteiger partial charge in [-0.2, -0.15) is 0 Å². The lowest BCUT2D eigenvalue weighted by atomic mass is 10.00. The SMILES string of the molecule is CN1C(=O)C(NC(=O)NCCc2ccc(Cl)cc2Cl)N=C(c2ccccc2F)c2ccccc21. The van der Waals surface area contributed by atoms with E-state index in [4.69, 9.17) is 23.2 Å². The van der Waals surface area contributed by atoms with Crippen molar-refractivity contribution in [1.82, 2.24) is 10.6 Å². The van der Waals surface area contributed by atoms with Crippen molar-refractivity contribution in [3.05, 3.63) is 99.3 Å². The molecule has 1 atom stereocenters. The summed E-state index contributed by atoms with van der Waals surface area (Å²) >= 11 is 12.1. The summed E-state index contributed by atoms with van der Waals surface area (Å²) < 4.78 is 14.7. The highest BCUT2D eigenvalue weighted by molar-refractivity contribution is 6.35. The normalized spacial score (nSPS) is 15.3. The van der Waals surface area contributed by atoms with Gasteiger partial charge in [0, 0.05) is 34.8 Å². The number of benzene rings is 3. The lowest BCUT2D eigenvalue weighted by molar-refractivity contribution is -0.119. The summed E-state index contributed by atoms with van der Waals surface area (Å²) in [6, 6.07) is 17.8. The van der Waals surface area contributed by atoms with Crippen molar-refractivity contribution in [1.29, 1.82) is 0 Å². The molecule has 1 heterocycles. The van der Waals surface area contributed by atoms with E-state index in [-0.39, 0.29) is 17.8 Å². The Hall–Kier alpha value is -3.42. The molecule has 3 aromatic rings. The highest BCUT2D eigenvalue weighted by atomic mass is 35.5. The standard InChI is InChI=1S/C25H21Cl2FN4O2/c1-32-21-9-5-3-7-18(21)22(17-6-2-4-8-20(17)28)30-23(24(32)33)31-25(34)29-13-12-15-10-11-16(26)14-19(15)27/h2-11,14,23H,12-13H2,1H3,(H2,29,31,34). The van der Waals surface area contributed by atoms with Crippen LogP contribution < -0.4 is 15.5 Å². The summed E-state index contributed by atoms with van der Waals surface area (Å²) in [5.41, 5.74) is 2.50. The van der Waals surface area contributed by atoms with Gasteiger partial charge in [0.15, 0.2) is 0 Å². The first-order valence-electron chi connectivity index (χ1n) is 10.5. The number of benzodiazepines with no additional fused rings is 1. The van der Waals surface area contributed by atoms with Crippen LogP contribution in [-0.2, 0) is 11.2 Å². The fourth-order valence-electron chi connectivity index (χ4n) is 3.69. The number of nitrogens with zero attached hydrogens (tertiary/aromatic N) is 2. The first kappa shape index (κ1) is 23.7. The van der Waals surface area contributed by atoms with Crippen molar-refractivity contribution in [2.75, 3.05) is 18.5 Å². The summed E-state index contributed by atoms with van der Waals surface area (Å²) in [6.07, 6.45) is -0.775. The molecule has 3 amide bonds. The molecule has 0 saturated carbocycles. The third kappa shape index (κ3) is 5.05. The zero-order valence-electron chi connectivity index (χ0n) is 18.2. The van der Waals surface area contributed by atoms with Gasteiger partial charge in [0.05, 0.1) is 11.4 Å². The van der Waals surface area contributed by atoms with Crippen molar-refractivity contribution in [2.45, 2.75) is 12.6 Å². The quantitative estimate of drug-likeness (QED) is 0.529.